The molecule has 2 heterocycles. The van der Waals surface area contributed by atoms with Crippen molar-refractivity contribution in [3.8, 4) is 5.69 Å². The molecule has 0 unspecified atom stereocenters. The summed E-state index contributed by atoms with van der Waals surface area (Å²) in [4.78, 5) is 26.9. The summed E-state index contributed by atoms with van der Waals surface area (Å²) < 4.78 is 7.23. The van der Waals surface area contributed by atoms with Crippen LogP contribution in [0.1, 0.15) is 29.4 Å². The maximum Gasteiger partial charge on any atom is 0.331 e. The van der Waals surface area contributed by atoms with Gasteiger partial charge in [-0.15, -0.1) is 0 Å². The van der Waals surface area contributed by atoms with E-state index in [1.807, 2.05) is 73.1 Å². The lowest BCUT2D eigenvalue weighted by Crippen LogP contribution is -2.38. The van der Waals surface area contributed by atoms with Gasteiger partial charge in [-0.05, 0) is 57.0 Å². The first kappa shape index (κ1) is 20.6. The van der Waals surface area contributed by atoms with Crippen LogP contribution in [0.3, 0.4) is 0 Å². The van der Waals surface area contributed by atoms with E-state index in [0.717, 1.165) is 40.3 Å². The van der Waals surface area contributed by atoms with Crippen molar-refractivity contribution in [2.45, 2.75) is 33.3 Å². The summed E-state index contributed by atoms with van der Waals surface area (Å²) in [5, 5.41) is 4.57. The third-order valence-electron chi connectivity index (χ3n) is 5.53. The van der Waals surface area contributed by atoms with Crippen LogP contribution in [0.25, 0.3) is 11.8 Å². The Morgan fingerprint density at radius 1 is 1.06 bits per heavy atom. The zero-order chi connectivity index (χ0) is 22.0. The molecule has 0 saturated heterocycles. The maximum absolute atomic E-state index is 12.8. The lowest BCUT2D eigenvalue weighted by molar-refractivity contribution is -0.149. The average molecular weight is 415 g/mol. The number of aryl methyl sites for hydroxylation is 1. The van der Waals surface area contributed by atoms with E-state index in [2.05, 4.69) is 5.10 Å². The summed E-state index contributed by atoms with van der Waals surface area (Å²) in [5.41, 5.74) is 5.57. The zero-order valence-electron chi connectivity index (χ0n) is 17.9. The van der Waals surface area contributed by atoms with Gasteiger partial charge in [-0.3, -0.25) is 4.79 Å². The second kappa shape index (κ2) is 8.60. The van der Waals surface area contributed by atoms with Crippen molar-refractivity contribution in [1.29, 1.82) is 0 Å². The summed E-state index contributed by atoms with van der Waals surface area (Å²) in [5.74, 6) is -0.768. The van der Waals surface area contributed by atoms with Crippen LogP contribution >= 0.6 is 0 Å². The molecule has 0 spiro atoms. The van der Waals surface area contributed by atoms with Crippen molar-refractivity contribution in [1.82, 2.24) is 9.78 Å². The van der Waals surface area contributed by atoms with E-state index in [9.17, 15) is 9.59 Å². The van der Waals surface area contributed by atoms with E-state index < -0.39 is 12.1 Å². The van der Waals surface area contributed by atoms with Crippen LogP contribution < -0.4 is 4.90 Å². The van der Waals surface area contributed by atoms with Crippen molar-refractivity contribution in [2.75, 3.05) is 11.4 Å². The average Bonchev–Trinajstić information content (AvgIpc) is 3.33. The fraction of sp³-hybridized carbons (Fsp3) is 0.240. The van der Waals surface area contributed by atoms with Gasteiger partial charge in [0.25, 0.3) is 5.91 Å². The van der Waals surface area contributed by atoms with Crippen LogP contribution in [-0.2, 0) is 20.7 Å². The Hall–Kier alpha value is -3.67. The molecule has 31 heavy (non-hydrogen) atoms. The summed E-state index contributed by atoms with van der Waals surface area (Å²) in [6.07, 6.45) is 3.00. The first-order valence-corrected chi connectivity index (χ1v) is 10.4. The highest BCUT2D eigenvalue weighted by Gasteiger charge is 2.29. The van der Waals surface area contributed by atoms with Gasteiger partial charge in [0.05, 0.1) is 11.4 Å². The van der Waals surface area contributed by atoms with E-state index in [1.165, 1.54) is 6.08 Å². The second-order valence-corrected chi connectivity index (χ2v) is 7.61. The van der Waals surface area contributed by atoms with Crippen LogP contribution in [0.5, 0.6) is 0 Å². The molecule has 4 rings (SSSR count). The van der Waals surface area contributed by atoms with E-state index in [-0.39, 0.29) is 5.91 Å². The molecule has 158 valence electrons. The van der Waals surface area contributed by atoms with Crippen LogP contribution in [-0.4, -0.2) is 34.3 Å². The highest BCUT2D eigenvalue weighted by Crippen LogP contribution is 2.28. The Balaban J connectivity index is 1.43. The summed E-state index contributed by atoms with van der Waals surface area (Å²) in [6.45, 7) is 6.06. The molecule has 2 aromatic carbocycles. The zero-order valence-corrected chi connectivity index (χ0v) is 17.9. The maximum atomic E-state index is 12.8. The topological polar surface area (TPSA) is 64.4 Å². The molecule has 0 saturated carbocycles. The number of anilines is 1. The molecule has 1 atom stereocenters. The quantitative estimate of drug-likeness (QED) is 0.466. The molecule has 1 amide bonds. The van der Waals surface area contributed by atoms with Gasteiger partial charge in [-0.2, -0.15) is 5.10 Å². The number of carbonyl (C=O) groups excluding carboxylic acids is 2. The van der Waals surface area contributed by atoms with Gasteiger partial charge in [0, 0.05) is 29.6 Å². The molecule has 6 nitrogen and oxygen atoms in total. The summed E-state index contributed by atoms with van der Waals surface area (Å²) in [7, 11) is 0. The van der Waals surface area contributed by atoms with Gasteiger partial charge in [-0.25, -0.2) is 9.48 Å². The molecule has 1 aromatic heterocycles. The van der Waals surface area contributed by atoms with Gasteiger partial charge in [-0.1, -0.05) is 36.4 Å². The van der Waals surface area contributed by atoms with Crippen LogP contribution in [0, 0.1) is 13.8 Å². The van der Waals surface area contributed by atoms with Gasteiger partial charge in [0.15, 0.2) is 6.10 Å². The number of carbonyl (C=O) groups is 2. The number of aromatic nitrogens is 2. The molecule has 0 fully saturated rings. The standard InChI is InChI=1S/C25H25N3O3/c1-17-22(18(2)28(26-17)21-10-5-4-6-11-21)13-14-24(29)31-19(3)25(30)27-16-15-20-9-7-8-12-23(20)27/h4-14,19H,15-16H2,1-3H3/b14-13+/t19-/m1/s1. The number of para-hydroxylation sites is 2. The number of hydrogen-bond donors (Lipinski definition) is 0. The van der Waals surface area contributed by atoms with Crippen molar-refractivity contribution in [2.24, 2.45) is 0 Å². The number of rotatable bonds is 5. The molecule has 0 radical (unpaired) electrons. The lowest BCUT2D eigenvalue weighted by atomic mass is 10.2. The molecule has 1 aliphatic rings. The molecule has 3 aromatic rings. The molecular formula is C25H25N3O3. The van der Waals surface area contributed by atoms with Gasteiger partial charge < -0.3 is 9.64 Å². The number of amides is 1. The van der Waals surface area contributed by atoms with Gasteiger partial charge in [0.1, 0.15) is 0 Å². The monoisotopic (exact) mass is 415 g/mol. The molecule has 1 aliphatic heterocycles. The fourth-order valence-corrected chi connectivity index (χ4v) is 3.92. The lowest BCUT2D eigenvalue weighted by Gasteiger charge is -2.21. The minimum Gasteiger partial charge on any atom is -0.449 e. The predicted octanol–water partition coefficient (Wildman–Crippen LogP) is 4.02. The molecule has 0 bridgehead atoms. The predicted molar refractivity (Wildman–Crippen MR) is 120 cm³/mol. The van der Waals surface area contributed by atoms with Crippen LogP contribution in [0.2, 0.25) is 0 Å². The molecule has 0 N–H and O–H groups in total. The smallest absolute Gasteiger partial charge is 0.331 e. The van der Waals surface area contributed by atoms with E-state index >= 15 is 0 Å². The van der Waals surface area contributed by atoms with Crippen LogP contribution in [0.4, 0.5) is 5.69 Å². The summed E-state index contributed by atoms with van der Waals surface area (Å²) >= 11 is 0. The van der Waals surface area contributed by atoms with Gasteiger partial charge in [0.2, 0.25) is 0 Å². The Kier molecular flexibility index (Phi) is 5.71. The number of fused-ring (bicyclic) bond motifs is 1. The first-order chi connectivity index (χ1) is 15.0. The molecule has 6 heteroatoms. The van der Waals surface area contributed by atoms with Crippen LogP contribution in [0.15, 0.2) is 60.7 Å². The van der Waals surface area contributed by atoms with E-state index in [4.69, 9.17) is 4.74 Å². The number of benzene rings is 2. The fourth-order valence-electron chi connectivity index (χ4n) is 3.92. The Bertz CT molecular complexity index is 1150. The second-order valence-electron chi connectivity index (χ2n) is 7.61. The Morgan fingerprint density at radius 3 is 2.55 bits per heavy atom. The van der Waals surface area contributed by atoms with Crippen molar-refractivity contribution >= 4 is 23.6 Å². The third-order valence-corrected chi connectivity index (χ3v) is 5.53. The third kappa shape index (κ3) is 4.14. The minimum atomic E-state index is -0.863. The summed E-state index contributed by atoms with van der Waals surface area (Å²) in [6, 6.07) is 17.6. The SMILES string of the molecule is Cc1nn(-c2ccccc2)c(C)c1/C=C/C(=O)O[C@H](C)C(=O)N1CCc2ccccc21. The van der Waals surface area contributed by atoms with Gasteiger partial charge >= 0.3 is 5.97 Å². The number of esters is 1. The van der Waals surface area contributed by atoms with E-state index in [0.29, 0.717) is 6.54 Å². The molecule has 0 aliphatic carbocycles. The Morgan fingerprint density at radius 2 is 1.77 bits per heavy atom. The largest absolute Gasteiger partial charge is 0.449 e. The number of nitrogens with zero attached hydrogens (tertiary/aromatic N) is 3. The number of hydrogen-bond acceptors (Lipinski definition) is 4. The first-order valence-electron chi connectivity index (χ1n) is 10.4. The Labute approximate surface area is 181 Å². The van der Waals surface area contributed by atoms with Crippen molar-refractivity contribution < 1.29 is 14.3 Å². The normalized spacial score (nSPS) is 14.0. The highest BCUT2D eigenvalue weighted by atomic mass is 16.5. The van der Waals surface area contributed by atoms with E-state index in [1.54, 1.807) is 17.9 Å². The highest BCUT2D eigenvalue weighted by molar-refractivity contribution is 6.00. The minimum absolute atomic E-state index is 0.212. The van der Waals surface area contributed by atoms with Crippen molar-refractivity contribution in [3.05, 3.63) is 83.2 Å². The van der Waals surface area contributed by atoms with Crippen molar-refractivity contribution in [3.63, 3.8) is 0 Å². The number of ether oxygens (including phenoxy) is 1. The molecular weight excluding hydrogens is 390 g/mol.